The van der Waals surface area contributed by atoms with Gasteiger partial charge in [-0.3, -0.25) is 0 Å². The Bertz CT molecular complexity index is 927. The fraction of sp³-hybridized carbons (Fsp3) is 0.235. The first-order valence-corrected chi connectivity index (χ1v) is 10.0. The van der Waals surface area contributed by atoms with Crippen LogP contribution in [0, 0.1) is 0 Å². The molecule has 0 saturated carbocycles. The minimum Gasteiger partial charge on any atom is -0.457 e. The summed E-state index contributed by atoms with van der Waals surface area (Å²) in [4.78, 5) is 12.3. The number of sulfonamides is 1. The van der Waals surface area contributed by atoms with Gasteiger partial charge < -0.3 is 14.2 Å². The number of hydrogen-bond acceptors (Lipinski definition) is 6. The van der Waals surface area contributed by atoms with Crippen LogP contribution in [0.3, 0.4) is 0 Å². The molecule has 1 N–H and O–H groups in total. The number of ether oxygens (including phenoxy) is 3. The van der Waals surface area contributed by atoms with Gasteiger partial charge in [0.25, 0.3) is 0 Å². The minimum absolute atomic E-state index is 0.0352. The molecule has 0 aromatic heterocycles. The van der Waals surface area contributed by atoms with E-state index in [1.54, 1.807) is 19.1 Å². The van der Waals surface area contributed by atoms with Gasteiger partial charge in [0.1, 0.15) is 6.61 Å². The van der Waals surface area contributed by atoms with Gasteiger partial charge in [-0.1, -0.05) is 22.9 Å². The zero-order chi connectivity index (χ0) is 18.7. The summed E-state index contributed by atoms with van der Waals surface area (Å²) < 4.78 is 42.8. The molecule has 0 bridgehead atoms. The van der Waals surface area contributed by atoms with Crippen LogP contribution in [0.4, 0.5) is 0 Å². The second-order valence-corrected chi connectivity index (χ2v) is 8.02. The summed E-state index contributed by atoms with van der Waals surface area (Å²) in [5.41, 5.74) is 0.992. The normalized spacial score (nSPS) is 12.8. The molecule has 1 aliphatic rings. The fourth-order valence-corrected chi connectivity index (χ4v) is 3.82. The monoisotopic (exact) mass is 441 g/mol. The summed E-state index contributed by atoms with van der Waals surface area (Å²) in [6.45, 7) is 2.18. The third-order valence-electron chi connectivity index (χ3n) is 3.64. The molecule has 0 saturated heterocycles. The molecule has 3 rings (SSSR count). The number of esters is 1. The Morgan fingerprint density at radius 3 is 2.50 bits per heavy atom. The highest BCUT2D eigenvalue weighted by molar-refractivity contribution is 9.10. The average Bonchev–Trinajstić information content (AvgIpc) is 3.06. The summed E-state index contributed by atoms with van der Waals surface area (Å²) in [7, 11) is -3.55. The van der Waals surface area contributed by atoms with Gasteiger partial charge in [0.05, 0.1) is 10.5 Å². The standard InChI is InChI=1S/C17H16BrNO6S/c1-2-19-26(21,22)13-5-3-11(4-6-13)17(20)23-9-12-7-15-16(8-14(12)18)25-10-24-15/h3-8,19H,2,9-10H2,1H3. The summed E-state index contributed by atoms with van der Waals surface area (Å²) in [6.07, 6.45) is 0. The first kappa shape index (κ1) is 18.7. The van der Waals surface area contributed by atoms with Gasteiger partial charge in [0.15, 0.2) is 11.5 Å². The Balaban J connectivity index is 1.67. The third kappa shape index (κ3) is 4.00. The first-order chi connectivity index (χ1) is 12.4. The van der Waals surface area contributed by atoms with Gasteiger partial charge in [-0.05, 0) is 36.4 Å². The van der Waals surface area contributed by atoms with Gasteiger partial charge in [-0.2, -0.15) is 0 Å². The Kier molecular flexibility index (Phi) is 5.49. The highest BCUT2D eigenvalue weighted by Gasteiger charge is 2.18. The molecule has 2 aromatic carbocycles. The summed E-state index contributed by atoms with van der Waals surface area (Å²) in [6, 6.07) is 9.07. The van der Waals surface area contributed by atoms with E-state index in [-0.39, 0.29) is 30.4 Å². The number of halogens is 1. The number of carbonyl (C=O) groups excluding carboxylic acids is 1. The lowest BCUT2D eigenvalue weighted by atomic mass is 10.2. The molecule has 0 amide bonds. The molecule has 9 heteroatoms. The van der Waals surface area contributed by atoms with E-state index >= 15 is 0 Å². The van der Waals surface area contributed by atoms with Crippen LogP contribution in [0.15, 0.2) is 45.8 Å². The van der Waals surface area contributed by atoms with Crippen LogP contribution in [-0.4, -0.2) is 27.7 Å². The SMILES string of the molecule is CCNS(=O)(=O)c1ccc(C(=O)OCc2cc3c(cc2Br)OCO3)cc1. The van der Waals surface area contributed by atoms with E-state index in [2.05, 4.69) is 20.7 Å². The lowest BCUT2D eigenvalue weighted by Crippen LogP contribution is -2.23. The molecule has 138 valence electrons. The minimum atomic E-state index is -3.55. The van der Waals surface area contributed by atoms with E-state index in [0.29, 0.717) is 11.5 Å². The van der Waals surface area contributed by atoms with Crippen LogP contribution < -0.4 is 14.2 Å². The van der Waals surface area contributed by atoms with Crippen molar-refractivity contribution in [1.82, 2.24) is 4.72 Å². The maximum Gasteiger partial charge on any atom is 0.338 e. The molecule has 1 heterocycles. The second kappa shape index (κ2) is 7.65. The number of rotatable bonds is 6. The van der Waals surface area contributed by atoms with Crippen LogP contribution in [0.1, 0.15) is 22.8 Å². The summed E-state index contributed by atoms with van der Waals surface area (Å²) in [5, 5.41) is 0. The molecule has 0 radical (unpaired) electrons. The van der Waals surface area contributed by atoms with Crippen LogP contribution in [-0.2, 0) is 21.4 Å². The van der Waals surface area contributed by atoms with Crippen molar-refractivity contribution in [2.45, 2.75) is 18.4 Å². The predicted octanol–water partition coefficient (Wildman–Crippen LogP) is 2.83. The van der Waals surface area contributed by atoms with E-state index < -0.39 is 16.0 Å². The zero-order valence-electron chi connectivity index (χ0n) is 13.8. The van der Waals surface area contributed by atoms with Crippen molar-refractivity contribution in [2.24, 2.45) is 0 Å². The van der Waals surface area contributed by atoms with Crippen LogP contribution >= 0.6 is 15.9 Å². The maximum absolute atomic E-state index is 12.2. The summed E-state index contributed by atoms with van der Waals surface area (Å²) >= 11 is 3.40. The molecule has 0 unspecified atom stereocenters. The molecule has 26 heavy (non-hydrogen) atoms. The number of nitrogens with one attached hydrogen (secondary N) is 1. The second-order valence-electron chi connectivity index (χ2n) is 5.40. The lowest BCUT2D eigenvalue weighted by Gasteiger charge is -2.09. The topological polar surface area (TPSA) is 90.9 Å². The molecule has 1 aliphatic heterocycles. The molecule has 0 atom stereocenters. The van der Waals surface area contributed by atoms with Crippen molar-refractivity contribution in [3.63, 3.8) is 0 Å². The molecule has 0 spiro atoms. The summed E-state index contributed by atoms with van der Waals surface area (Å²) in [5.74, 6) is 0.670. The van der Waals surface area contributed by atoms with Crippen molar-refractivity contribution in [1.29, 1.82) is 0 Å². The molecule has 0 fully saturated rings. The van der Waals surface area contributed by atoms with Gasteiger partial charge >= 0.3 is 5.97 Å². The smallest absolute Gasteiger partial charge is 0.338 e. The number of benzene rings is 2. The largest absolute Gasteiger partial charge is 0.457 e. The lowest BCUT2D eigenvalue weighted by molar-refractivity contribution is 0.0471. The van der Waals surface area contributed by atoms with Gasteiger partial charge in [0, 0.05) is 16.6 Å². The predicted molar refractivity (Wildman–Crippen MR) is 96.7 cm³/mol. The highest BCUT2D eigenvalue weighted by atomic mass is 79.9. The quantitative estimate of drug-likeness (QED) is 0.692. The Morgan fingerprint density at radius 1 is 1.19 bits per heavy atom. The molecule has 0 aliphatic carbocycles. The third-order valence-corrected chi connectivity index (χ3v) is 5.93. The van der Waals surface area contributed by atoms with Crippen molar-refractivity contribution in [2.75, 3.05) is 13.3 Å². The fourth-order valence-electron chi connectivity index (χ4n) is 2.34. The van der Waals surface area contributed by atoms with E-state index in [0.717, 1.165) is 10.0 Å². The molecular formula is C17H16BrNO6S. The van der Waals surface area contributed by atoms with Gasteiger partial charge in [-0.25, -0.2) is 17.9 Å². The number of hydrogen-bond donors (Lipinski definition) is 1. The van der Waals surface area contributed by atoms with Crippen molar-refractivity contribution in [3.8, 4) is 11.5 Å². The Hall–Kier alpha value is -2.10. The highest BCUT2D eigenvalue weighted by Crippen LogP contribution is 2.37. The van der Waals surface area contributed by atoms with Gasteiger partial charge in [0.2, 0.25) is 16.8 Å². The first-order valence-electron chi connectivity index (χ1n) is 7.75. The van der Waals surface area contributed by atoms with E-state index in [4.69, 9.17) is 14.2 Å². The van der Waals surface area contributed by atoms with Crippen molar-refractivity contribution >= 4 is 31.9 Å². The molecule has 7 nitrogen and oxygen atoms in total. The van der Waals surface area contributed by atoms with Crippen molar-refractivity contribution < 1.29 is 27.4 Å². The molecular weight excluding hydrogens is 426 g/mol. The Labute approximate surface area is 159 Å². The van der Waals surface area contributed by atoms with Crippen molar-refractivity contribution in [3.05, 3.63) is 52.0 Å². The zero-order valence-corrected chi connectivity index (χ0v) is 16.2. The van der Waals surface area contributed by atoms with Crippen LogP contribution in [0.2, 0.25) is 0 Å². The van der Waals surface area contributed by atoms with E-state index in [1.807, 2.05) is 0 Å². The maximum atomic E-state index is 12.2. The average molecular weight is 442 g/mol. The van der Waals surface area contributed by atoms with Crippen LogP contribution in [0.5, 0.6) is 11.5 Å². The Morgan fingerprint density at radius 2 is 1.85 bits per heavy atom. The van der Waals surface area contributed by atoms with E-state index in [9.17, 15) is 13.2 Å². The van der Waals surface area contributed by atoms with Gasteiger partial charge in [-0.15, -0.1) is 0 Å². The number of fused-ring (bicyclic) bond motifs is 1. The van der Waals surface area contributed by atoms with Crippen LogP contribution in [0.25, 0.3) is 0 Å². The van der Waals surface area contributed by atoms with E-state index in [1.165, 1.54) is 24.3 Å². The molecule has 2 aromatic rings. The number of carbonyl (C=O) groups is 1.